The lowest BCUT2D eigenvalue weighted by atomic mass is 10.4. The highest BCUT2D eigenvalue weighted by Crippen LogP contribution is 2.11. The SMILES string of the molecule is Cn1cncc1CN1CCSCC1. The molecule has 3 nitrogen and oxygen atoms in total. The minimum Gasteiger partial charge on any atom is -0.337 e. The van der Waals surface area contributed by atoms with Gasteiger partial charge in [-0.15, -0.1) is 0 Å². The molecule has 0 N–H and O–H groups in total. The van der Waals surface area contributed by atoms with Gasteiger partial charge in [0.05, 0.1) is 12.0 Å². The predicted molar refractivity (Wildman–Crippen MR) is 55.8 cm³/mol. The van der Waals surface area contributed by atoms with Gasteiger partial charge in [-0.25, -0.2) is 4.98 Å². The van der Waals surface area contributed by atoms with Gasteiger partial charge in [-0.2, -0.15) is 11.8 Å². The summed E-state index contributed by atoms with van der Waals surface area (Å²) < 4.78 is 2.10. The lowest BCUT2D eigenvalue weighted by Crippen LogP contribution is -2.32. The van der Waals surface area contributed by atoms with Crippen LogP contribution in [-0.2, 0) is 13.6 Å². The molecule has 1 aliphatic rings. The third-order valence-electron chi connectivity index (χ3n) is 2.41. The highest BCUT2D eigenvalue weighted by molar-refractivity contribution is 7.99. The average molecular weight is 197 g/mol. The predicted octanol–water partition coefficient (Wildman–Crippen LogP) is 0.969. The number of aryl methyl sites for hydroxylation is 1. The van der Waals surface area contributed by atoms with Crippen LogP contribution < -0.4 is 0 Å². The number of nitrogens with zero attached hydrogens (tertiary/aromatic N) is 3. The van der Waals surface area contributed by atoms with Gasteiger partial charge in [-0.1, -0.05) is 0 Å². The Morgan fingerprint density at radius 1 is 1.46 bits per heavy atom. The Labute approximate surface area is 83.1 Å². The molecule has 4 heteroatoms. The standard InChI is InChI=1S/C9H15N3S/c1-11-8-10-6-9(11)7-12-2-4-13-5-3-12/h6,8H,2-5,7H2,1H3. The normalized spacial score (nSPS) is 19.2. The monoisotopic (exact) mass is 197 g/mol. The van der Waals surface area contributed by atoms with Gasteiger partial charge in [0, 0.05) is 44.4 Å². The molecule has 13 heavy (non-hydrogen) atoms. The van der Waals surface area contributed by atoms with Crippen LogP contribution >= 0.6 is 11.8 Å². The second-order valence-electron chi connectivity index (χ2n) is 3.38. The molecular weight excluding hydrogens is 182 g/mol. The largest absolute Gasteiger partial charge is 0.337 e. The van der Waals surface area contributed by atoms with E-state index in [1.54, 1.807) is 0 Å². The number of rotatable bonds is 2. The van der Waals surface area contributed by atoms with Gasteiger partial charge >= 0.3 is 0 Å². The zero-order valence-corrected chi connectivity index (χ0v) is 8.76. The maximum atomic E-state index is 4.12. The third kappa shape index (κ3) is 2.25. The molecule has 2 rings (SSSR count). The molecule has 72 valence electrons. The summed E-state index contributed by atoms with van der Waals surface area (Å²) in [6.45, 7) is 3.49. The summed E-state index contributed by atoms with van der Waals surface area (Å²) in [6, 6.07) is 0. The third-order valence-corrected chi connectivity index (χ3v) is 3.35. The van der Waals surface area contributed by atoms with Gasteiger partial charge < -0.3 is 4.57 Å². The first-order valence-corrected chi connectivity index (χ1v) is 5.77. The first-order valence-electron chi connectivity index (χ1n) is 4.61. The molecule has 0 atom stereocenters. The fraction of sp³-hybridized carbons (Fsp3) is 0.667. The first kappa shape index (κ1) is 9.09. The summed E-state index contributed by atoms with van der Waals surface area (Å²) in [5.41, 5.74) is 1.31. The molecule has 0 radical (unpaired) electrons. The van der Waals surface area contributed by atoms with Crippen LogP contribution in [0, 0.1) is 0 Å². The Bertz CT molecular complexity index is 266. The molecule has 0 amide bonds. The van der Waals surface area contributed by atoms with Crippen molar-refractivity contribution in [2.75, 3.05) is 24.6 Å². The second-order valence-corrected chi connectivity index (χ2v) is 4.61. The smallest absolute Gasteiger partial charge is 0.0945 e. The quantitative estimate of drug-likeness (QED) is 0.705. The van der Waals surface area contributed by atoms with Crippen molar-refractivity contribution in [1.82, 2.24) is 14.5 Å². The van der Waals surface area contributed by atoms with Crippen LogP contribution in [0.2, 0.25) is 0 Å². The van der Waals surface area contributed by atoms with Gasteiger partial charge in [0.1, 0.15) is 0 Å². The molecule has 1 aromatic rings. The van der Waals surface area contributed by atoms with Gasteiger partial charge in [-0.3, -0.25) is 4.90 Å². The number of hydrogen-bond donors (Lipinski definition) is 0. The van der Waals surface area contributed by atoms with E-state index in [-0.39, 0.29) is 0 Å². The minimum atomic E-state index is 1.05. The molecule has 0 aliphatic carbocycles. The summed E-state index contributed by atoms with van der Waals surface area (Å²) in [4.78, 5) is 6.61. The number of hydrogen-bond acceptors (Lipinski definition) is 3. The van der Waals surface area contributed by atoms with E-state index >= 15 is 0 Å². The summed E-state index contributed by atoms with van der Waals surface area (Å²) in [5, 5.41) is 0. The van der Waals surface area contributed by atoms with Crippen LogP contribution in [0.1, 0.15) is 5.69 Å². The van der Waals surface area contributed by atoms with Gasteiger partial charge in [0.15, 0.2) is 0 Å². The van der Waals surface area contributed by atoms with Crippen LogP contribution in [0.4, 0.5) is 0 Å². The van der Waals surface area contributed by atoms with E-state index in [9.17, 15) is 0 Å². The summed E-state index contributed by atoms with van der Waals surface area (Å²) >= 11 is 2.05. The van der Waals surface area contributed by atoms with Crippen LogP contribution in [0.15, 0.2) is 12.5 Å². The summed E-state index contributed by atoms with van der Waals surface area (Å²) in [7, 11) is 2.06. The van der Waals surface area contributed by atoms with Crippen molar-refractivity contribution in [3.8, 4) is 0 Å². The fourth-order valence-corrected chi connectivity index (χ4v) is 2.50. The maximum Gasteiger partial charge on any atom is 0.0945 e. The molecule has 1 saturated heterocycles. The first-order chi connectivity index (χ1) is 6.36. The number of thioether (sulfide) groups is 1. The molecule has 1 aromatic heterocycles. The molecule has 0 aromatic carbocycles. The zero-order chi connectivity index (χ0) is 9.10. The van der Waals surface area contributed by atoms with E-state index in [4.69, 9.17) is 0 Å². The Balaban J connectivity index is 1.93. The molecule has 0 spiro atoms. The Morgan fingerprint density at radius 3 is 2.85 bits per heavy atom. The van der Waals surface area contributed by atoms with E-state index < -0.39 is 0 Å². The molecule has 2 heterocycles. The van der Waals surface area contributed by atoms with Gasteiger partial charge in [0.25, 0.3) is 0 Å². The number of aromatic nitrogens is 2. The van der Waals surface area contributed by atoms with Gasteiger partial charge in [-0.05, 0) is 0 Å². The van der Waals surface area contributed by atoms with E-state index in [1.165, 1.54) is 30.3 Å². The van der Waals surface area contributed by atoms with E-state index in [1.807, 2.05) is 12.5 Å². The molecule has 0 bridgehead atoms. The lowest BCUT2D eigenvalue weighted by molar-refractivity contribution is 0.288. The van der Waals surface area contributed by atoms with Crippen LogP contribution in [0.25, 0.3) is 0 Å². The molecule has 0 unspecified atom stereocenters. The Hall–Kier alpha value is -0.480. The molecule has 1 fully saturated rings. The van der Waals surface area contributed by atoms with Crippen LogP contribution in [-0.4, -0.2) is 39.0 Å². The van der Waals surface area contributed by atoms with Crippen molar-refractivity contribution < 1.29 is 0 Å². The maximum absolute atomic E-state index is 4.12. The molecule has 1 aliphatic heterocycles. The fourth-order valence-electron chi connectivity index (χ4n) is 1.53. The van der Waals surface area contributed by atoms with Crippen LogP contribution in [0.3, 0.4) is 0 Å². The summed E-state index contributed by atoms with van der Waals surface area (Å²) in [5.74, 6) is 2.55. The van der Waals surface area contributed by atoms with Gasteiger partial charge in [0.2, 0.25) is 0 Å². The summed E-state index contributed by atoms with van der Waals surface area (Å²) in [6.07, 6.45) is 3.83. The molecule has 0 saturated carbocycles. The van der Waals surface area contributed by atoms with E-state index in [0.29, 0.717) is 0 Å². The van der Waals surface area contributed by atoms with Crippen LogP contribution in [0.5, 0.6) is 0 Å². The van der Waals surface area contributed by atoms with E-state index in [2.05, 4.69) is 33.3 Å². The second kappa shape index (κ2) is 4.15. The average Bonchev–Trinajstić information content (AvgIpc) is 2.54. The van der Waals surface area contributed by atoms with Crippen molar-refractivity contribution in [2.24, 2.45) is 7.05 Å². The Morgan fingerprint density at radius 2 is 2.23 bits per heavy atom. The lowest BCUT2D eigenvalue weighted by Gasteiger charge is -2.25. The zero-order valence-electron chi connectivity index (χ0n) is 7.94. The highest BCUT2D eigenvalue weighted by atomic mass is 32.2. The molecular formula is C9H15N3S. The highest BCUT2D eigenvalue weighted by Gasteiger charge is 2.11. The topological polar surface area (TPSA) is 21.1 Å². The van der Waals surface area contributed by atoms with Crippen molar-refractivity contribution in [1.29, 1.82) is 0 Å². The van der Waals surface area contributed by atoms with Crippen molar-refractivity contribution >= 4 is 11.8 Å². The Kier molecular flexibility index (Phi) is 2.90. The van der Waals surface area contributed by atoms with Crippen molar-refractivity contribution in [3.63, 3.8) is 0 Å². The van der Waals surface area contributed by atoms with Crippen molar-refractivity contribution in [3.05, 3.63) is 18.2 Å². The van der Waals surface area contributed by atoms with Crippen molar-refractivity contribution in [2.45, 2.75) is 6.54 Å². The number of imidazole rings is 1. The van der Waals surface area contributed by atoms with E-state index in [0.717, 1.165) is 6.54 Å². The minimum absolute atomic E-state index is 1.05.